The topological polar surface area (TPSA) is 21.3 Å². The SMILES string of the molecule is Fc1cc(Cl)ccc1NCC1Cc2cc(Br)ccc2O1. The van der Waals surface area contributed by atoms with Crippen molar-refractivity contribution in [1.82, 2.24) is 0 Å². The molecule has 2 aromatic rings. The van der Waals surface area contributed by atoms with Crippen LogP contribution in [0.15, 0.2) is 40.9 Å². The molecule has 5 heteroatoms. The molecule has 104 valence electrons. The zero-order valence-corrected chi connectivity index (χ0v) is 12.8. The second-order valence-electron chi connectivity index (χ2n) is 4.70. The molecule has 2 nitrogen and oxygen atoms in total. The molecule has 0 aliphatic carbocycles. The molecule has 0 saturated carbocycles. The first-order chi connectivity index (χ1) is 9.61. The van der Waals surface area contributed by atoms with E-state index in [1.165, 1.54) is 11.6 Å². The highest BCUT2D eigenvalue weighted by Crippen LogP contribution is 2.31. The van der Waals surface area contributed by atoms with Crippen LogP contribution in [0.4, 0.5) is 10.1 Å². The minimum atomic E-state index is -0.351. The molecule has 2 aromatic carbocycles. The Morgan fingerprint density at radius 2 is 2.15 bits per heavy atom. The van der Waals surface area contributed by atoms with Gasteiger partial charge >= 0.3 is 0 Å². The first kappa shape index (κ1) is 13.7. The molecule has 1 aliphatic rings. The Bertz CT molecular complexity index is 650. The van der Waals surface area contributed by atoms with Crippen LogP contribution in [0.5, 0.6) is 5.75 Å². The van der Waals surface area contributed by atoms with E-state index in [4.69, 9.17) is 16.3 Å². The predicted octanol–water partition coefficient (Wildman–Crippen LogP) is 4.66. The van der Waals surface area contributed by atoms with Crippen molar-refractivity contribution < 1.29 is 9.13 Å². The number of fused-ring (bicyclic) bond motifs is 1. The van der Waals surface area contributed by atoms with Gasteiger partial charge in [0.1, 0.15) is 17.7 Å². The normalized spacial score (nSPS) is 16.6. The smallest absolute Gasteiger partial charge is 0.147 e. The number of halogens is 3. The summed E-state index contributed by atoms with van der Waals surface area (Å²) in [4.78, 5) is 0. The van der Waals surface area contributed by atoms with Gasteiger partial charge in [-0.3, -0.25) is 0 Å². The Morgan fingerprint density at radius 1 is 1.30 bits per heavy atom. The summed E-state index contributed by atoms with van der Waals surface area (Å²) in [6.45, 7) is 0.546. The average Bonchev–Trinajstić information content (AvgIpc) is 2.79. The second-order valence-corrected chi connectivity index (χ2v) is 6.05. The maximum atomic E-state index is 13.6. The Labute approximate surface area is 130 Å². The molecule has 3 rings (SSSR count). The van der Waals surface area contributed by atoms with Crippen molar-refractivity contribution in [2.24, 2.45) is 0 Å². The third-order valence-electron chi connectivity index (χ3n) is 3.22. The van der Waals surface area contributed by atoms with Crippen LogP contribution in [0.25, 0.3) is 0 Å². The molecule has 0 amide bonds. The van der Waals surface area contributed by atoms with Gasteiger partial charge in [-0.15, -0.1) is 0 Å². The van der Waals surface area contributed by atoms with E-state index >= 15 is 0 Å². The molecular formula is C15H12BrClFNO. The molecule has 1 heterocycles. The van der Waals surface area contributed by atoms with Crippen LogP contribution < -0.4 is 10.1 Å². The van der Waals surface area contributed by atoms with E-state index < -0.39 is 0 Å². The van der Waals surface area contributed by atoms with Crippen molar-refractivity contribution in [3.8, 4) is 5.75 Å². The van der Waals surface area contributed by atoms with Gasteiger partial charge in [0.2, 0.25) is 0 Å². The van der Waals surface area contributed by atoms with Crippen molar-refractivity contribution in [2.45, 2.75) is 12.5 Å². The third kappa shape index (κ3) is 2.91. The van der Waals surface area contributed by atoms with Gasteiger partial charge < -0.3 is 10.1 Å². The summed E-state index contributed by atoms with van der Waals surface area (Å²) in [5.41, 5.74) is 1.61. The summed E-state index contributed by atoms with van der Waals surface area (Å²) >= 11 is 9.17. The lowest BCUT2D eigenvalue weighted by Crippen LogP contribution is -2.24. The molecule has 0 saturated heterocycles. The van der Waals surface area contributed by atoms with E-state index in [0.717, 1.165) is 16.6 Å². The summed E-state index contributed by atoms with van der Waals surface area (Å²) in [6, 6.07) is 10.5. The molecule has 0 aromatic heterocycles. The molecule has 1 unspecified atom stereocenters. The highest BCUT2D eigenvalue weighted by atomic mass is 79.9. The Morgan fingerprint density at radius 3 is 2.95 bits per heavy atom. The van der Waals surface area contributed by atoms with Crippen LogP contribution in [0.1, 0.15) is 5.56 Å². The molecular weight excluding hydrogens is 345 g/mol. The van der Waals surface area contributed by atoms with Gasteiger partial charge in [-0.2, -0.15) is 0 Å². The number of anilines is 1. The molecule has 0 fully saturated rings. The Kier molecular flexibility index (Phi) is 3.85. The van der Waals surface area contributed by atoms with Gasteiger partial charge in [-0.25, -0.2) is 4.39 Å². The highest BCUT2D eigenvalue weighted by Gasteiger charge is 2.22. The number of hydrogen-bond acceptors (Lipinski definition) is 2. The van der Waals surface area contributed by atoms with E-state index in [9.17, 15) is 4.39 Å². The second kappa shape index (κ2) is 5.62. The average molecular weight is 357 g/mol. The Hall–Kier alpha value is -1.26. The van der Waals surface area contributed by atoms with Crippen LogP contribution in [0.2, 0.25) is 5.02 Å². The van der Waals surface area contributed by atoms with Gasteiger partial charge in [0.15, 0.2) is 0 Å². The van der Waals surface area contributed by atoms with E-state index in [0.29, 0.717) is 17.3 Å². The third-order valence-corrected chi connectivity index (χ3v) is 3.94. The van der Waals surface area contributed by atoms with Crippen LogP contribution >= 0.6 is 27.5 Å². The lowest BCUT2D eigenvalue weighted by atomic mass is 10.1. The maximum absolute atomic E-state index is 13.6. The predicted molar refractivity (Wildman–Crippen MR) is 82.2 cm³/mol. The quantitative estimate of drug-likeness (QED) is 0.864. The van der Waals surface area contributed by atoms with E-state index in [1.807, 2.05) is 12.1 Å². The molecule has 0 spiro atoms. The number of ether oxygens (including phenoxy) is 1. The summed E-state index contributed by atoms with van der Waals surface area (Å²) in [7, 11) is 0. The molecule has 0 bridgehead atoms. The van der Waals surface area contributed by atoms with Crippen LogP contribution in [0.3, 0.4) is 0 Å². The van der Waals surface area contributed by atoms with E-state index in [-0.39, 0.29) is 11.9 Å². The van der Waals surface area contributed by atoms with Crippen molar-refractivity contribution in [2.75, 3.05) is 11.9 Å². The minimum absolute atomic E-state index is 0.00868. The van der Waals surface area contributed by atoms with Gasteiger partial charge in [0.25, 0.3) is 0 Å². The highest BCUT2D eigenvalue weighted by molar-refractivity contribution is 9.10. The van der Waals surface area contributed by atoms with Gasteiger partial charge in [0, 0.05) is 15.9 Å². The first-order valence-electron chi connectivity index (χ1n) is 6.26. The van der Waals surface area contributed by atoms with E-state index in [1.54, 1.807) is 12.1 Å². The van der Waals surface area contributed by atoms with Crippen LogP contribution in [-0.4, -0.2) is 12.6 Å². The molecule has 1 N–H and O–H groups in total. The summed E-state index contributed by atoms with van der Waals surface area (Å²) < 4.78 is 20.5. The summed E-state index contributed by atoms with van der Waals surface area (Å²) in [5, 5.41) is 3.45. The molecule has 20 heavy (non-hydrogen) atoms. The zero-order chi connectivity index (χ0) is 14.1. The standard InChI is InChI=1S/C15H12BrClFNO/c16-10-1-4-15-9(5-10)6-12(20-15)8-19-14-3-2-11(17)7-13(14)18/h1-5,7,12,19H,6,8H2. The van der Waals surface area contributed by atoms with Crippen LogP contribution in [0, 0.1) is 5.82 Å². The number of hydrogen-bond donors (Lipinski definition) is 1. The van der Waals surface area contributed by atoms with Crippen LogP contribution in [-0.2, 0) is 6.42 Å². The van der Waals surface area contributed by atoms with E-state index in [2.05, 4.69) is 27.3 Å². The number of nitrogens with one attached hydrogen (secondary N) is 1. The largest absolute Gasteiger partial charge is 0.488 e. The fraction of sp³-hybridized carbons (Fsp3) is 0.200. The van der Waals surface area contributed by atoms with Crippen molar-refractivity contribution in [3.63, 3.8) is 0 Å². The van der Waals surface area contributed by atoms with Crippen molar-refractivity contribution >= 4 is 33.2 Å². The first-order valence-corrected chi connectivity index (χ1v) is 7.43. The van der Waals surface area contributed by atoms with Gasteiger partial charge in [0.05, 0.1) is 12.2 Å². The lowest BCUT2D eigenvalue weighted by Gasteiger charge is -2.13. The lowest BCUT2D eigenvalue weighted by molar-refractivity contribution is 0.246. The fourth-order valence-electron chi connectivity index (χ4n) is 2.26. The monoisotopic (exact) mass is 355 g/mol. The summed E-state index contributed by atoms with van der Waals surface area (Å²) in [5.74, 6) is 0.548. The zero-order valence-electron chi connectivity index (χ0n) is 10.5. The number of rotatable bonds is 3. The number of benzene rings is 2. The summed E-state index contributed by atoms with van der Waals surface area (Å²) in [6.07, 6.45) is 0.825. The molecule has 1 atom stereocenters. The van der Waals surface area contributed by atoms with Crippen molar-refractivity contribution in [1.29, 1.82) is 0 Å². The van der Waals surface area contributed by atoms with Crippen molar-refractivity contribution in [3.05, 3.63) is 57.3 Å². The molecule has 0 radical (unpaired) electrons. The molecule has 1 aliphatic heterocycles. The Balaban J connectivity index is 1.63. The minimum Gasteiger partial charge on any atom is -0.488 e. The fourth-order valence-corrected chi connectivity index (χ4v) is 2.83. The van der Waals surface area contributed by atoms with Gasteiger partial charge in [-0.05, 0) is 42.0 Å². The van der Waals surface area contributed by atoms with Gasteiger partial charge in [-0.1, -0.05) is 27.5 Å². The maximum Gasteiger partial charge on any atom is 0.147 e.